The number of nitrogens with zero attached hydrogens (tertiary/aromatic N) is 1. The number of amides is 1. The first-order chi connectivity index (χ1) is 12.6. The van der Waals surface area contributed by atoms with Gasteiger partial charge in [-0.25, -0.2) is 4.79 Å². The number of benzene rings is 2. The van der Waals surface area contributed by atoms with E-state index in [2.05, 4.69) is 5.32 Å². The van der Waals surface area contributed by atoms with Crippen molar-refractivity contribution in [1.82, 2.24) is 0 Å². The summed E-state index contributed by atoms with van der Waals surface area (Å²) in [5.74, 6) is -0.970. The lowest BCUT2D eigenvalue weighted by atomic mass is 10.1. The second-order valence-electron chi connectivity index (χ2n) is 5.60. The fourth-order valence-corrected chi connectivity index (χ4v) is 2.18. The molecule has 26 heavy (non-hydrogen) atoms. The van der Waals surface area contributed by atoms with Crippen molar-refractivity contribution in [3.63, 3.8) is 0 Å². The van der Waals surface area contributed by atoms with Crippen LogP contribution < -0.4 is 5.32 Å². The average molecular weight is 348 g/mol. The SMILES string of the molecule is CCCCOC(=O)c1cccc(NC(=O)C(C#N)=Cc2ccccc2)c1. The van der Waals surface area contributed by atoms with Crippen molar-refractivity contribution < 1.29 is 14.3 Å². The lowest BCUT2D eigenvalue weighted by Gasteiger charge is -2.07. The predicted molar refractivity (Wildman–Crippen MR) is 100 cm³/mol. The molecule has 1 amide bonds. The number of carbonyl (C=O) groups is 2. The fourth-order valence-electron chi connectivity index (χ4n) is 2.18. The summed E-state index contributed by atoms with van der Waals surface area (Å²) in [6.45, 7) is 2.38. The third kappa shape index (κ3) is 5.60. The first kappa shape index (κ1) is 18.9. The molecular formula is C21H20N2O3. The molecule has 0 aliphatic heterocycles. The van der Waals surface area contributed by atoms with Crippen LogP contribution in [-0.4, -0.2) is 18.5 Å². The van der Waals surface area contributed by atoms with Crippen molar-refractivity contribution in [2.24, 2.45) is 0 Å². The molecule has 0 radical (unpaired) electrons. The number of anilines is 1. The number of hydrogen-bond donors (Lipinski definition) is 1. The molecule has 0 saturated heterocycles. The molecule has 2 aromatic carbocycles. The van der Waals surface area contributed by atoms with Crippen molar-refractivity contribution in [3.8, 4) is 6.07 Å². The first-order valence-corrected chi connectivity index (χ1v) is 8.39. The quantitative estimate of drug-likeness (QED) is 0.352. The zero-order valence-electron chi connectivity index (χ0n) is 14.6. The van der Waals surface area contributed by atoms with E-state index in [1.165, 1.54) is 12.1 Å². The molecule has 0 aliphatic carbocycles. The molecule has 2 aromatic rings. The number of rotatable bonds is 7. The van der Waals surface area contributed by atoms with E-state index >= 15 is 0 Å². The minimum absolute atomic E-state index is 0.0212. The Bertz CT molecular complexity index is 836. The van der Waals surface area contributed by atoms with E-state index in [1.807, 2.05) is 31.2 Å². The van der Waals surface area contributed by atoms with Crippen LogP contribution in [0.3, 0.4) is 0 Å². The summed E-state index contributed by atoms with van der Waals surface area (Å²) in [4.78, 5) is 24.3. The van der Waals surface area contributed by atoms with Crippen LogP contribution in [0.15, 0.2) is 60.2 Å². The molecule has 5 nitrogen and oxygen atoms in total. The van der Waals surface area contributed by atoms with Crippen molar-refractivity contribution >= 4 is 23.6 Å². The van der Waals surface area contributed by atoms with E-state index in [4.69, 9.17) is 4.74 Å². The molecular weight excluding hydrogens is 328 g/mol. The summed E-state index contributed by atoms with van der Waals surface area (Å²) < 4.78 is 5.16. The maximum atomic E-state index is 12.3. The number of nitriles is 1. The van der Waals surface area contributed by atoms with E-state index in [1.54, 1.807) is 30.3 Å². The van der Waals surface area contributed by atoms with Crippen LogP contribution in [0.5, 0.6) is 0 Å². The zero-order valence-corrected chi connectivity index (χ0v) is 14.6. The van der Waals surface area contributed by atoms with Crippen LogP contribution in [0.25, 0.3) is 6.08 Å². The van der Waals surface area contributed by atoms with Gasteiger partial charge in [-0.1, -0.05) is 49.7 Å². The highest BCUT2D eigenvalue weighted by Gasteiger charge is 2.12. The Morgan fingerprint density at radius 1 is 1.15 bits per heavy atom. The third-order valence-electron chi connectivity index (χ3n) is 3.56. The summed E-state index contributed by atoms with van der Waals surface area (Å²) in [7, 11) is 0. The first-order valence-electron chi connectivity index (χ1n) is 8.39. The molecule has 0 aromatic heterocycles. The van der Waals surface area contributed by atoms with Gasteiger partial charge in [0.15, 0.2) is 0 Å². The van der Waals surface area contributed by atoms with Crippen LogP contribution >= 0.6 is 0 Å². The number of unbranched alkanes of at least 4 members (excludes halogenated alkanes) is 1. The summed E-state index contributed by atoms with van der Waals surface area (Å²) >= 11 is 0. The third-order valence-corrected chi connectivity index (χ3v) is 3.56. The standard InChI is InChI=1S/C21H20N2O3/c1-2-3-12-26-21(25)17-10-7-11-19(14-17)23-20(24)18(15-22)13-16-8-5-4-6-9-16/h4-11,13-14H,2-3,12H2,1H3,(H,23,24). The minimum atomic E-state index is -0.534. The summed E-state index contributed by atoms with van der Waals surface area (Å²) in [5.41, 5.74) is 1.51. The minimum Gasteiger partial charge on any atom is -0.462 e. The molecule has 1 N–H and O–H groups in total. The maximum absolute atomic E-state index is 12.3. The lowest BCUT2D eigenvalue weighted by Crippen LogP contribution is -2.14. The Labute approximate surface area is 152 Å². The Hall–Kier alpha value is -3.39. The van der Waals surface area contributed by atoms with E-state index in [9.17, 15) is 14.9 Å². The highest BCUT2D eigenvalue weighted by Crippen LogP contribution is 2.14. The highest BCUT2D eigenvalue weighted by molar-refractivity contribution is 6.10. The van der Waals surface area contributed by atoms with Crippen molar-refractivity contribution in [3.05, 3.63) is 71.3 Å². The summed E-state index contributed by atoms with van der Waals surface area (Å²) in [6, 6.07) is 17.5. The van der Waals surface area contributed by atoms with Gasteiger partial charge in [0.25, 0.3) is 5.91 Å². The number of esters is 1. The van der Waals surface area contributed by atoms with Gasteiger partial charge >= 0.3 is 5.97 Å². The van der Waals surface area contributed by atoms with Crippen molar-refractivity contribution in [2.75, 3.05) is 11.9 Å². The molecule has 0 aliphatic rings. The number of nitrogens with one attached hydrogen (secondary N) is 1. The van der Waals surface area contributed by atoms with Crippen molar-refractivity contribution in [1.29, 1.82) is 5.26 Å². The smallest absolute Gasteiger partial charge is 0.338 e. The largest absolute Gasteiger partial charge is 0.462 e. The maximum Gasteiger partial charge on any atom is 0.338 e. The molecule has 0 saturated carbocycles. The molecule has 5 heteroatoms. The van der Waals surface area contributed by atoms with Crippen LogP contribution in [0.1, 0.15) is 35.7 Å². The van der Waals surface area contributed by atoms with Gasteiger partial charge in [0.05, 0.1) is 12.2 Å². The molecule has 132 valence electrons. The lowest BCUT2D eigenvalue weighted by molar-refractivity contribution is -0.112. The van der Waals surface area contributed by atoms with Crippen LogP contribution in [-0.2, 0) is 9.53 Å². The van der Waals surface area contributed by atoms with Gasteiger partial charge < -0.3 is 10.1 Å². The van der Waals surface area contributed by atoms with Gasteiger partial charge in [-0.3, -0.25) is 4.79 Å². The number of ether oxygens (including phenoxy) is 1. The van der Waals surface area contributed by atoms with Crippen molar-refractivity contribution in [2.45, 2.75) is 19.8 Å². The molecule has 0 spiro atoms. The fraction of sp³-hybridized carbons (Fsp3) is 0.190. The van der Waals surface area contributed by atoms with Gasteiger partial charge in [0, 0.05) is 5.69 Å². The monoisotopic (exact) mass is 348 g/mol. The normalized spacial score (nSPS) is 10.7. The van der Waals surface area contributed by atoms with Crippen LogP contribution in [0.4, 0.5) is 5.69 Å². The molecule has 0 unspecified atom stereocenters. The van der Waals surface area contributed by atoms with E-state index in [0.29, 0.717) is 17.9 Å². The Kier molecular flexibility index (Phi) is 7.14. The van der Waals surface area contributed by atoms with Gasteiger partial charge in [0.2, 0.25) is 0 Å². The molecule has 2 rings (SSSR count). The molecule has 0 heterocycles. The zero-order chi connectivity index (χ0) is 18.8. The molecule has 0 atom stereocenters. The second kappa shape index (κ2) is 9.80. The summed E-state index contributed by atoms with van der Waals surface area (Å²) in [6.07, 6.45) is 3.25. The number of carbonyl (C=O) groups excluding carboxylic acids is 2. The Balaban J connectivity index is 2.09. The predicted octanol–water partition coefficient (Wildman–Crippen LogP) is 4.19. The average Bonchev–Trinajstić information content (AvgIpc) is 2.67. The molecule has 0 bridgehead atoms. The van der Waals surface area contributed by atoms with Gasteiger partial charge in [0.1, 0.15) is 11.6 Å². The Morgan fingerprint density at radius 2 is 1.92 bits per heavy atom. The highest BCUT2D eigenvalue weighted by atomic mass is 16.5. The molecule has 0 fully saturated rings. The van der Waals surface area contributed by atoms with Gasteiger partial charge in [-0.2, -0.15) is 5.26 Å². The summed E-state index contributed by atoms with van der Waals surface area (Å²) in [5, 5.41) is 11.9. The van der Waals surface area contributed by atoms with Gasteiger partial charge in [-0.05, 0) is 36.3 Å². The second-order valence-corrected chi connectivity index (χ2v) is 5.60. The van der Waals surface area contributed by atoms with Crippen LogP contribution in [0, 0.1) is 11.3 Å². The van der Waals surface area contributed by atoms with Crippen LogP contribution in [0.2, 0.25) is 0 Å². The number of hydrogen-bond acceptors (Lipinski definition) is 4. The van der Waals surface area contributed by atoms with E-state index in [-0.39, 0.29) is 5.57 Å². The van der Waals surface area contributed by atoms with E-state index < -0.39 is 11.9 Å². The topological polar surface area (TPSA) is 79.2 Å². The Morgan fingerprint density at radius 3 is 2.62 bits per heavy atom. The van der Waals surface area contributed by atoms with E-state index in [0.717, 1.165) is 18.4 Å². The van der Waals surface area contributed by atoms with Gasteiger partial charge in [-0.15, -0.1) is 0 Å².